The molecule has 6 heteroatoms. The lowest BCUT2D eigenvalue weighted by Gasteiger charge is -2.17. The number of carboxylic acid groups (broad SMARTS) is 1. The second kappa shape index (κ2) is 6.16. The number of carbonyl (C=O) groups is 1. The molecule has 2 N–H and O–H groups in total. The van der Waals surface area contributed by atoms with Crippen LogP contribution in [0.1, 0.15) is 35.8 Å². The fraction of sp³-hybridized carbons (Fsp3) is 0.692. The minimum absolute atomic E-state index is 0.268. The fourth-order valence-corrected chi connectivity index (χ4v) is 2.60. The highest BCUT2D eigenvalue weighted by atomic mass is 16.5. The van der Waals surface area contributed by atoms with Crippen molar-refractivity contribution in [2.75, 3.05) is 13.2 Å². The molecular weight excluding hydrogens is 246 g/mol. The van der Waals surface area contributed by atoms with Crippen LogP contribution < -0.4 is 5.32 Å². The molecule has 1 aliphatic rings. The third-order valence-electron chi connectivity index (χ3n) is 3.74. The van der Waals surface area contributed by atoms with Crippen LogP contribution in [0.3, 0.4) is 0 Å². The van der Waals surface area contributed by atoms with Gasteiger partial charge in [-0.25, -0.2) is 4.79 Å². The highest BCUT2D eigenvalue weighted by Crippen LogP contribution is 2.22. The maximum absolute atomic E-state index is 11.1. The SMILES string of the molecule is CCC1OCCC1CNCc1c(C(=O)O)cnn1C. The van der Waals surface area contributed by atoms with Gasteiger partial charge in [-0.15, -0.1) is 0 Å². The van der Waals surface area contributed by atoms with Gasteiger partial charge in [0.1, 0.15) is 5.56 Å². The number of aromatic carboxylic acids is 1. The highest BCUT2D eigenvalue weighted by Gasteiger charge is 2.26. The lowest BCUT2D eigenvalue weighted by Crippen LogP contribution is -2.29. The van der Waals surface area contributed by atoms with E-state index in [0.717, 1.165) is 26.0 Å². The third-order valence-corrected chi connectivity index (χ3v) is 3.74. The minimum atomic E-state index is -0.930. The largest absolute Gasteiger partial charge is 0.478 e. The first kappa shape index (κ1) is 14.0. The van der Waals surface area contributed by atoms with Gasteiger partial charge in [-0.05, 0) is 18.8 Å². The molecule has 0 bridgehead atoms. The molecule has 1 saturated heterocycles. The molecule has 2 heterocycles. The first-order valence-electron chi connectivity index (χ1n) is 6.70. The summed E-state index contributed by atoms with van der Waals surface area (Å²) in [5, 5.41) is 16.4. The Kier molecular flexibility index (Phi) is 4.55. The molecule has 2 unspecified atom stereocenters. The van der Waals surface area contributed by atoms with Gasteiger partial charge in [-0.3, -0.25) is 4.68 Å². The molecule has 0 aliphatic carbocycles. The van der Waals surface area contributed by atoms with Crippen molar-refractivity contribution in [3.05, 3.63) is 17.5 Å². The second-order valence-electron chi connectivity index (χ2n) is 4.93. The molecule has 0 aromatic carbocycles. The normalized spacial score (nSPS) is 22.8. The standard InChI is InChI=1S/C13H21N3O3/c1-3-12-9(4-5-19-12)6-14-8-11-10(13(17)18)7-15-16(11)2/h7,9,12,14H,3-6,8H2,1-2H3,(H,17,18). The molecule has 1 aliphatic heterocycles. The smallest absolute Gasteiger partial charge is 0.339 e. The molecule has 1 aromatic heterocycles. The van der Waals surface area contributed by atoms with Crippen LogP contribution in [0, 0.1) is 5.92 Å². The summed E-state index contributed by atoms with van der Waals surface area (Å²) in [6.45, 7) is 4.33. The van der Waals surface area contributed by atoms with E-state index in [1.54, 1.807) is 11.7 Å². The van der Waals surface area contributed by atoms with E-state index >= 15 is 0 Å². The molecule has 1 aromatic rings. The van der Waals surface area contributed by atoms with Crippen molar-refractivity contribution in [2.45, 2.75) is 32.4 Å². The Bertz CT molecular complexity index is 444. The average molecular weight is 267 g/mol. The molecule has 2 atom stereocenters. The summed E-state index contributed by atoms with van der Waals surface area (Å²) in [4.78, 5) is 11.1. The van der Waals surface area contributed by atoms with Gasteiger partial charge in [0.2, 0.25) is 0 Å². The van der Waals surface area contributed by atoms with Crippen molar-refractivity contribution in [2.24, 2.45) is 13.0 Å². The number of ether oxygens (including phenoxy) is 1. The van der Waals surface area contributed by atoms with Gasteiger partial charge in [0.15, 0.2) is 0 Å². The van der Waals surface area contributed by atoms with Gasteiger partial charge in [-0.2, -0.15) is 5.10 Å². The van der Waals surface area contributed by atoms with E-state index in [1.165, 1.54) is 6.20 Å². The number of hydrogen-bond donors (Lipinski definition) is 2. The number of carboxylic acids is 1. The van der Waals surface area contributed by atoms with Crippen LogP contribution in [0.5, 0.6) is 0 Å². The summed E-state index contributed by atoms with van der Waals surface area (Å²) >= 11 is 0. The number of aromatic nitrogens is 2. The number of rotatable bonds is 6. The summed E-state index contributed by atoms with van der Waals surface area (Å²) in [5.74, 6) is -0.410. The lowest BCUT2D eigenvalue weighted by molar-refractivity contribution is 0.0695. The predicted molar refractivity (Wildman–Crippen MR) is 70.0 cm³/mol. The molecule has 2 rings (SSSR count). The first-order valence-corrected chi connectivity index (χ1v) is 6.70. The molecule has 6 nitrogen and oxygen atoms in total. The van der Waals surface area contributed by atoms with E-state index in [2.05, 4.69) is 17.3 Å². The predicted octanol–water partition coefficient (Wildman–Crippen LogP) is 1.02. The number of hydrogen-bond acceptors (Lipinski definition) is 4. The van der Waals surface area contributed by atoms with Crippen LogP contribution in [0.25, 0.3) is 0 Å². The Balaban J connectivity index is 1.89. The minimum Gasteiger partial charge on any atom is -0.478 e. The van der Waals surface area contributed by atoms with E-state index in [9.17, 15) is 4.79 Å². The highest BCUT2D eigenvalue weighted by molar-refractivity contribution is 5.88. The van der Waals surface area contributed by atoms with Crippen molar-refractivity contribution in [3.63, 3.8) is 0 Å². The topological polar surface area (TPSA) is 76.4 Å². The van der Waals surface area contributed by atoms with Gasteiger partial charge < -0.3 is 15.2 Å². The number of aryl methyl sites for hydroxylation is 1. The Morgan fingerprint density at radius 3 is 3.16 bits per heavy atom. The molecule has 0 spiro atoms. The van der Waals surface area contributed by atoms with Crippen LogP contribution in [0.2, 0.25) is 0 Å². The van der Waals surface area contributed by atoms with Crippen molar-refractivity contribution < 1.29 is 14.6 Å². The Labute approximate surface area is 112 Å². The Morgan fingerprint density at radius 1 is 1.68 bits per heavy atom. The van der Waals surface area contributed by atoms with Crippen molar-refractivity contribution in [1.82, 2.24) is 15.1 Å². The van der Waals surface area contributed by atoms with Crippen LogP contribution in [-0.4, -0.2) is 40.1 Å². The zero-order valence-corrected chi connectivity index (χ0v) is 11.4. The molecule has 19 heavy (non-hydrogen) atoms. The van der Waals surface area contributed by atoms with Crippen LogP contribution in [-0.2, 0) is 18.3 Å². The van der Waals surface area contributed by atoms with Crippen molar-refractivity contribution in [3.8, 4) is 0 Å². The summed E-state index contributed by atoms with van der Waals surface area (Å²) in [6, 6.07) is 0. The summed E-state index contributed by atoms with van der Waals surface area (Å²) in [6.07, 6.45) is 3.83. The molecular formula is C13H21N3O3. The number of nitrogens with zero attached hydrogens (tertiary/aromatic N) is 2. The lowest BCUT2D eigenvalue weighted by atomic mass is 10.00. The Hall–Kier alpha value is -1.40. The second-order valence-corrected chi connectivity index (χ2v) is 4.93. The molecule has 0 saturated carbocycles. The van der Waals surface area contributed by atoms with Crippen LogP contribution in [0.4, 0.5) is 0 Å². The molecule has 106 valence electrons. The van der Waals surface area contributed by atoms with Crippen LogP contribution >= 0.6 is 0 Å². The quantitative estimate of drug-likeness (QED) is 0.805. The van der Waals surface area contributed by atoms with Crippen molar-refractivity contribution >= 4 is 5.97 Å². The van der Waals surface area contributed by atoms with Gasteiger partial charge in [-0.1, -0.05) is 6.92 Å². The third kappa shape index (κ3) is 3.13. The van der Waals surface area contributed by atoms with Gasteiger partial charge in [0.05, 0.1) is 18.0 Å². The van der Waals surface area contributed by atoms with E-state index in [-0.39, 0.29) is 5.56 Å². The van der Waals surface area contributed by atoms with E-state index in [1.807, 2.05) is 0 Å². The maximum atomic E-state index is 11.1. The van der Waals surface area contributed by atoms with Crippen LogP contribution in [0.15, 0.2) is 6.20 Å². The molecule has 0 amide bonds. The summed E-state index contributed by atoms with van der Waals surface area (Å²) in [7, 11) is 1.76. The maximum Gasteiger partial charge on any atom is 0.339 e. The number of nitrogens with one attached hydrogen (secondary N) is 1. The zero-order valence-electron chi connectivity index (χ0n) is 11.4. The van der Waals surface area contributed by atoms with Crippen molar-refractivity contribution in [1.29, 1.82) is 0 Å². The first-order chi connectivity index (χ1) is 9.13. The van der Waals surface area contributed by atoms with Gasteiger partial charge >= 0.3 is 5.97 Å². The van der Waals surface area contributed by atoms with E-state index in [4.69, 9.17) is 9.84 Å². The molecule has 0 radical (unpaired) electrons. The van der Waals surface area contributed by atoms with Gasteiger partial charge in [0.25, 0.3) is 0 Å². The fourth-order valence-electron chi connectivity index (χ4n) is 2.60. The van der Waals surface area contributed by atoms with E-state index < -0.39 is 5.97 Å². The Morgan fingerprint density at radius 2 is 2.47 bits per heavy atom. The summed E-state index contributed by atoms with van der Waals surface area (Å²) < 4.78 is 7.25. The van der Waals surface area contributed by atoms with Gasteiger partial charge in [0, 0.05) is 26.7 Å². The molecule has 1 fully saturated rings. The summed E-state index contributed by atoms with van der Waals surface area (Å²) in [5.41, 5.74) is 0.976. The monoisotopic (exact) mass is 267 g/mol. The zero-order chi connectivity index (χ0) is 13.8. The average Bonchev–Trinajstić information content (AvgIpc) is 2.97. The van der Waals surface area contributed by atoms with E-state index in [0.29, 0.717) is 24.3 Å².